The van der Waals surface area contributed by atoms with Crippen molar-refractivity contribution in [3.05, 3.63) is 334 Å². The molecule has 1 nitrogen and oxygen atoms in total. The summed E-state index contributed by atoms with van der Waals surface area (Å²) in [5.41, 5.74) is 22.9. The van der Waals surface area contributed by atoms with Gasteiger partial charge in [0.05, 0.1) is 10.8 Å². The highest BCUT2D eigenvalue weighted by molar-refractivity contribution is 5.97. The molecule has 1 spiro atoms. The smallest absolute Gasteiger partial charge is 0.132 e. The lowest BCUT2D eigenvalue weighted by molar-refractivity contribution is 0.436. The van der Waals surface area contributed by atoms with Gasteiger partial charge in [-0.1, -0.05) is 255 Å². The molecule has 0 amide bonds. The zero-order valence-corrected chi connectivity index (χ0v) is 38.5. The van der Waals surface area contributed by atoms with E-state index in [1.54, 1.807) is 0 Å². The zero-order valence-electron chi connectivity index (χ0n) is 38.5. The lowest BCUT2D eigenvalue weighted by Gasteiger charge is -2.39. The molecule has 0 radical (unpaired) electrons. The van der Waals surface area contributed by atoms with Crippen LogP contribution in [0, 0.1) is 0 Å². The molecule has 1 heterocycles. The molecule has 1 atom stereocenters. The van der Waals surface area contributed by atoms with E-state index in [0.29, 0.717) is 0 Å². The standard InChI is InChI=1S/C69H46O/c1-4-20-47(21-5-1)66(48-40-38-46(39-41-48)49-42-43-60-57(45-49)55-28-10-12-31-58(55)68(60,52-24-6-2-7-25-52)53-26-8-3-9-27-53)51-23-18-22-50(44-51)54-30-19-35-63-67(54)56-29-11-13-32-59(56)69(63)61-33-14-16-36-64(61)70-65-37-17-15-34-62(65)69/h1-45,66H. The van der Waals surface area contributed by atoms with E-state index in [4.69, 9.17) is 4.74 Å². The third kappa shape index (κ3) is 5.79. The van der Waals surface area contributed by atoms with E-state index in [1.807, 2.05) is 0 Å². The van der Waals surface area contributed by atoms with Gasteiger partial charge < -0.3 is 4.74 Å². The third-order valence-electron chi connectivity index (χ3n) is 15.6. The molecule has 11 aromatic rings. The van der Waals surface area contributed by atoms with Crippen molar-refractivity contribution in [2.45, 2.75) is 16.7 Å². The summed E-state index contributed by atoms with van der Waals surface area (Å²) in [4.78, 5) is 0. The van der Waals surface area contributed by atoms with Gasteiger partial charge in [-0.05, 0) is 113 Å². The largest absolute Gasteiger partial charge is 0.457 e. The fourth-order valence-electron chi connectivity index (χ4n) is 12.7. The molecule has 0 saturated heterocycles. The molecule has 14 rings (SSSR count). The average Bonchev–Trinajstić information content (AvgIpc) is 3.91. The number of fused-ring (bicyclic) bond motifs is 12. The van der Waals surface area contributed by atoms with Crippen molar-refractivity contribution in [3.63, 3.8) is 0 Å². The SMILES string of the molecule is c1ccc(C(c2ccc(-c3ccc4c(c3)-c3ccccc3C4(c3ccccc3)c3ccccc3)cc2)c2cccc(-c3cccc4c3-c3ccccc3C43c4ccccc4Oc4ccccc43)c2)cc1. The zero-order chi connectivity index (χ0) is 46.2. The Bertz CT molecular complexity index is 3710. The molecule has 2 aliphatic carbocycles. The minimum Gasteiger partial charge on any atom is -0.457 e. The Hall–Kier alpha value is -8.78. The Morgan fingerprint density at radius 3 is 1.40 bits per heavy atom. The summed E-state index contributed by atoms with van der Waals surface area (Å²) in [6.07, 6.45) is 0. The van der Waals surface area contributed by atoms with Crippen LogP contribution in [-0.2, 0) is 10.8 Å². The van der Waals surface area contributed by atoms with Crippen molar-refractivity contribution in [2.75, 3.05) is 0 Å². The van der Waals surface area contributed by atoms with Gasteiger partial charge in [-0.25, -0.2) is 0 Å². The summed E-state index contributed by atoms with van der Waals surface area (Å²) < 4.78 is 6.64. The first kappa shape index (κ1) is 40.3. The summed E-state index contributed by atoms with van der Waals surface area (Å²) >= 11 is 0. The Labute approximate surface area is 409 Å². The molecular formula is C69H46O. The topological polar surface area (TPSA) is 9.23 Å². The van der Waals surface area contributed by atoms with Gasteiger partial charge in [0.25, 0.3) is 0 Å². The predicted molar refractivity (Wildman–Crippen MR) is 286 cm³/mol. The van der Waals surface area contributed by atoms with Crippen LogP contribution < -0.4 is 4.74 Å². The predicted octanol–water partition coefficient (Wildman–Crippen LogP) is 17.0. The fourth-order valence-corrected chi connectivity index (χ4v) is 12.7. The maximum absolute atomic E-state index is 6.64. The maximum atomic E-state index is 6.64. The average molecular weight is 891 g/mol. The van der Waals surface area contributed by atoms with Gasteiger partial charge >= 0.3 is 0 Å². The molecule has 0 aromatic heterocycles. The number of para-hydroxylation sites is 2. The van der Waals surface area contributed by atoms with Crippen LogP contribution in [0.3, 0.4) is 0 Å². The van der Waals surface area contributed by atoms with Gasteiger partial charge in [0.2, 0.25) is 0 Å². The Balaban J connectivity index is 0.878. The van der Waals surface area contributed by atoms with E-state index in [9.17, 15) is 0 Å². The van der Waals surface area contributed by atoms with Crippen molar-refractivity contribution >= 4 is 0 Å². The van der Waals surface area contributed by atoms with E-state index in [0.717, 1.165) is 11.5 Å². The number of ether oxygens (including phenoxy) is 1. The molecule has 0 saturated carbocycles. The van der Waals surface area contributed by atoms with Crippen LogP contribution in [0.25, 0.3) is 44.5 Å². The summed E-state index contributed by atoms with van der Waals surface area (Å²) in [7, 11) is 0. The summed E-state index contributed by atoms with van der Waals surface area (Å²) in [5, 5.41) is 0. The van der Waals surface area contributed by atoms with Crippen molar-refractivity contribution in [2.24, 2.45) is 0 Å². The van der Waals surface area contributed by atoms with Crippen molar-refractivity contribution < 1.29 is 4.74 Å². The van der Waals surface area contributed by atoms with Gasteiger partial charge in [-0.3, -0.25) is 0 Å². The van der Waals surface area contributed by atoms with Gasteiger partial charge in [0.15, 0.2) is 0 Å². The van der Waals surface area contributed by atoms with Crippen molar-refractivity contribution in [1.82, 2.24) is 0 Å². The summed E-state index contributed by atoms with van der Waals surface area (Å²) in [5.74, 6) is 1.83. The van der Waals surface area contributed by atoms with Crippen LogP contribution in [-0.4, -0.2) is 0 Å². The highest BCUT2D eigenvalue weighted by atomic mass is 16.5. The van der Waals surface area contributed by atoms with Crippen LogP contribution >= 0.6 is 0 Å². The van der Waals surface area contributed by atoms with E-state index in [2.05, 4.69) is 273 Å². The number of hydrogen-bond acceptors (Lipinski definition) is 1. The number of rotatable bonds is 7. The molecule has 3 aliphatic rings. The minimum absolute atomic E-state index is 0.0177. The number of hydrogen-bond donors (Lipinski definition) is 0. The molecule has 11 aromatic carbocycles. The summed E-state index contributed by atoms with van der Waals surface area (Å²) in [6.45, 7) is 0. The second-order valence-electron chi connectivity index (χ2n) is 19.0. The summed E-state index contributed by atoms with van der Waals surface area (Å²) in [6, 6.07) is 101. The molecule has 1 aliphatic heterocycles. The Morgan fingerprint density at radius 2 is 0.729 bits per heavy atom. The first-order valence-electron chi connectivity index (χ1n) is 24.4. The Kier molecular flexibility index (Phi) is 9.16. The minimum atomic E-state index is -0.519. The van der Waals surface area contributed by atoms with Crippen molar-refractivity contribution in [3.8, 4) is 56.0 Å². The van der Waals surface area contributed by atoms with Gasteiger partial charge in [-0.2, -0.15) is 0 Å². The monoisotopic (exact) mass is 890 g/mol. The fraction of sp³-hybridized carbons (Fsp3) is 0.0435. The first-order chi connectivity index (χ1) is 34.7. The lowest BCUT2D eigenvalue weighted by Crippen LogP contribution is -2.32. The molecule has 328 valence electrons. The normalized spacial score (nSPS) is 14.3. The quantitative estimate of drug-likeness (QED) is 0.145. The van der Waals surface area contributed by atoms with Crippen LogP contribution in [0.1, 0.15) is 67.1 Å². The van der Waals surface area contributed by atoms with E-state index in [-0.39, 0.29) is 5.92 Å². The molecule has 0 bridgehead atoms. The maximum Gasteiger partial charge on any atom is 0.132 e. The van der Waals surface area contributed by atoms with Crippen LogP contribution in [0.5, 0.6) is 11.5 Å². The van der Waals surface area contributed by atoms with Crippen LogP contribution in [0.2, 0.25) is 0 Å². The molecule has 70 heavy (non-hydrogen) atoms. The van der Waals surface area contributed by atoms with Crippen LogP contribution in [0.4, 0.5) is 0 Å². The molecule has 1 unspecified atom stereocenters. The van der Waals surface area contributed by atoms with Crippen molar-refractivity contribution in [1.29, 1.82) is 0 Å². The molecular weight excluding hydrogens is 845 g/mol. The van der Waals surface area contributed by atoms with Gasteiger partial charge in [-0.15, -0.1) is 0 Å². The van der Waals surface area contributed by atoms with E-state index >= 15 is 0 Å². The first-order valence-corrected chi connectivity index (χ1v) is 24.4. The molecule has 0 N–H and O–H groups in total. The Morgan fingerprint density at radius 1 is 0.257 bits per heavy atom. The highest BCUT2D eigenvalue weighted by Crippen LogP contribution is 2.63. The van der Waals surface area contributed by atoms with E-state index < -0.39 is 10.8 Å². The van der Waals surface area contributed by atoms with E-state index in [1.165, 1.54) is 106 Å². The van der Waals surface area contributed by atoms with Gasteiger partial charge in [0.1, 0.15) is 11.5 Å². The molecule has 0 fully saturated rings. The third-order valence-corrected chi connectivity index (χ3v) is 15.6. The second kappa shape index (κ2) is 15.9. The van der Waals surface area contributed by atoms with Crippen LogP contribution in [0.15, 0.2) is 273 Å². The lowest BCUT2D eigenvalue weighted by atomic mass is 9.66. The highest BCUT2D eigenvalue weighted by Gasteiger charge is 2.51. The number of benzene rings is 11. The second-order valence-corrected chi connectivity index (χ2v) is 19.0. The molecule has 1 heteroatoms. The van der Waals surface area contributed by atoms with Gasteiger partial charge in [0, 0.05) is 17.0 Å².